The van der Waals surface area contributed by atoms with Crippen molar-refractivity contribution >= 4 is 16.9 Å². The second kappa shape index (κ2) is 4.82. The van der Waals surface area contributed by atoms with Crippen molar-refractivity contribution in [1.82, 2.24) is 4.57 Å². The maximum atomic E-state index is 11.0. The number of carboxylic acid groups (broad SMARTS) is 1. The van der Waals surface area contributed by atoms with Crippen molar-refractivity contribution in [3.05, 3.63) is 35.0 Å². The molecule has 0 atom stereocenters. The molecule has 0 radical (unpaired) electrons. The van der Waals surface area contributed by atoms with E-state index in [2.05, 4.69) is 11.5 Å². The average molecular weight is 247 g/mol. The molecular formula is C14H17NO3. The van der Waals surface area contributed by atoms with Gasteiger partial charge in [-0.3, -0.25) is 4.79 Å². The van der Waals surface area contributed by atoms with Gasteiger partial charge in [-0.2, -0.15) is 0 Å². The van der Waals surface area contributed by atoms with Crippen LogP contribution in [0.5, 0.6) is 0 Å². The molecule has 0 unspecified atom stereocenters. The van der Waals surface area contributed by atoms with E-state index in [4.69, 9.17) is 5.11 Å². The largest absolute Gasteiger partial charge is 0.481 e. The van der Waals surface area contributed by atoms with Gasteiger partial charge < -0.3 is 14.8 Å². The molecule has 2 N–H and O–H groups in total. The van der Waals surface area contributed by atoms with Gasteiger partial charge in [-0.1, -0.05) is 13.0 Å². The molecule has 0 saturated carbocycles. The number of fused-ring (bicyclic) bond motifs is 1. The molecule has 0 bridgehead atoms. The van der Waals surface area contributed by atoms with E-state index in [1.807, 2.05) is 19.2 Å². The molecule has 2 rings (SSSR count). The monoisotopic (exact) mass is 247 g/mol. The van der Waals surface area contributed by atoms with Crippen LogP contribution in [0.4, 0.5) is 0 Å². The second-order valence-corrected chi connectivity index (χ2v) is 4.41. The van der Waals surface area contributed by atoms with Crippen LogP contribution in [-0.2, 0) is 31.3 Å². The van der Waals surface area contributed by atoms with Gasteiger partial charge in [0, 0.05) is 23.6 Å². The third kappa shape index (κ3) is 1.99. The van der Waals surface area contributed by atoms with Crippen molar-refractivity contribution in [2.75, 3.05) is 0 Å². The van der Waals surface area contributed by atoms with E-state index in [1.165, 1.54) is 0 Å². The summed E-state index contributed by atoms with van der Waals surface area (Å²) in [6.45, 7) is 1.94. The van der Waals surface area contributed by atoms with Crippen LogP contribution in [-0.4, -0.2) is 20.7 Å². The number of aliphatic hydroxyl groups is 1. The predicted octanol–water partition coefficient (Wildman–Crippen LogP) is 1.86. The van der Waals surface area contributed by atoms with Crippen LogP contribution in [0.25, 0.3) is 10.9 Å². The Balaban J connectivity index is 2.72. The van der Waals surface area contributed by atoms with Gasteiger partial charge in [-0.05, 0) is 29.7 Å². The summed E-state index contributed by atoms with van der Waals surface area (Å²) in [6, 6.07) is 5.76. The molecule has 1 aromatic carbocycles. The van der Waals surface area contributed by atoms with Crippen LogP contribution in [0.3, 0.4) is 0 Å². The molecule has 4 heteroatoms. The molecule has 0 aliphatic heterocycles. The van der Waals surface area contributed by atoms with Gasteiger partial charge in [0.2, 0.25) is 0 Å². The molecule has 18 heavy (non-hydrogen) atoms. The van der Waals surface area contributed by atoms with Crippen molar-refractivity contribution in [3.8, 4) is 0 Å². The van der Waals surface area contributed by atoms with E-state index in [0.717, 1.165) is 28.6 Å². The standard InChI is InChI=1S/C14H17NO3/c1-3-10-6-12-11(7-14(17)18)9(8-16)4-5-13(12)15(10)2/h4-6,16H,3,7-8H2,1-2H3,(H,17,18). The predicted molar refractivity (Wildman–Crippen MR) is 69.6 cm³/mol. The molecule has 1 aromatic heterocycles. The zero-order valence-corrected chi connectivity index (χ0v) is 10.6. The number of rotatable bonds is 4. The highest BCUT2D eigenvalue weighted by atomic mass is 16.4. The first kappa shape index (κ1) is 12.6. The third-order valence-corrected chi connectivity index (χ3v) is 3.39. The van der Waals surface area contributed by atoms with Gasteiger partial charge >= 0.3 is 5.97 Å². The first-order chi connectivity index (χ1) is 8.58. The fraction of sp³-hybridized carbons (Fsp3) is 0.357. The number of aliphatic hydroxyl groups excluding tert-OH is 1. The normalized spacial score (nSPS) is 11.1. The Morgan fingerprint density at radius 1 is 1.39 bits per heavy atom. The van der Waals surface area contributed by atoms with E-state index < -0.39 is 5.97 Å². The number of nitrogens with zero attached hydrogens (tertiary/aromatic N) is 1. The van der Waals surface area contributed by atoms with E-state index in [1.54, 1.807) is 6.07 Å². The summed E-state index contributed by atoms with van der Waals surface area (Å²) >= 11 is 0. The molecular weight excluding hydrogens is 230 g/mol. The highest BCUT2D eigenvalue weighted by molar-refractivity contribution is 5.89. The lowest BCUT2D eigenvalue weighted by molar-refractivity contribution is -0.136. The maximum absolute atomic E-state index is 11.0. The van der Waals surface area contributed by atoms with Gasteiger partial charge in [-0.15, -0.1) is 0 Å². The molecule has 0 aliphatic rings. The number of hydrogen-bond donors (Lipinski definition) is 2. The number of aryl methyl sites for hydroxylation is 2. The van der Waals surface area contributed by atoms with Crippen LogP contribution in [0.15, 0.2) is 18.2 Å². The van der Waals surface area contributed by atoms with Gasteiger partial charge in [0.1, 0.15) is 0 Å². The van der Waals surface area contributed by atoms with Crippen LogP contribution >= 0.6 is 0 Å². The fourth-order valence-corrected chi connectivity index (χ4v) is 2.42. The molecule has 0 spiro atoms. The summed E-state index contributed by atoms with van der Waals surface area (Å²) < 4.78 is 2.07. The van der Waals surface area contributed by atoms with Crippen molar-refractivity contribution in [1.29, 1.82) is 0 Å². The molecule has 4 nitrogen and oxygen atoms in total. The Labute approximate surface area is 105 Å². The Hall–Kier alpha value is -1.81. The first-order valence-electron chi connectivity index (χ1n) is 6.00. The number of carbonyl (C=O) groups is 1. The quantitative estimate of drug-likeness (QED) is 0.866. The van der Waals surface area contributed by atoms with Gasteiger partial charge in [0.25, 0.3) is 0 Å². The summed E-state index contributed by atoms with van der Waals surface area (Å²) in [6.07, 6.45) is 0.840. The van der Waals surface area contributed by atoms with E-state index in [-0.39, 0.29) is 13.0 Å². The van der Waals surface area contributed by atoms with Crippen molar-refractivity contribution in [2.45, 2.75) is 26.4 Å². The topological polar surface area (TPSA) is 62.5 Å². The maximum Gasteiger partial charge on any atom is 0.307 e. The van der Waals surface area contributed by atoms with E-state index >= 15 is 0 Å². The number of aliphatic carboxylic acids is 1. The first-order valence-corrected chi connectivity index (χ1v) is 6.00. The summed E-state index contributed by atoms with van der Waals surface area (Å²) in [5.74, 6) is -0.876. The number of aromatic nitrogens is 1. The minimum atomic E-state index is -0.876. The molecule has 0 amide bonds. The van der Waals surface area contributed by atoms with Crippen molar-refractivity contribution < 1.29 is 15.0 Å². The van der Waals surface area contributed by atoms with Crippen molar-refractivity contribution in [3.63, 3.8) is 0 Å². The number of hydrogen-bond acceptors (Lipinski definition) is 2. The molecule has 1 heterocycles. The van der Waals surface area contributed by atoms with Crippen LogP contribution in [0.2, 0.25) is 0 Å². The Kier molecular flexibility index (Phi) is 3.39. The summed E-state index contributed by atoms with van der Waals surface area (Å²) in [5.41, 5.74) is 3.59. The second-order valence-electron chi connectivity index (χ2n) is 4.41. The lowest BCUT2D eigenvalue weighted by Crippen LogP contribution is -2.04. The highest BCUT2D eigenvalue weighted by Crippen LogP contribution is 2.26. The van der Waals surface area contributed by atoms with Crippen LogP contribution < -0.4 is 0 Å². The Bertz CT molecular complexity index is 599. The van der Waals surface area contributed by atoms with Crippen LogP contribution in [0.1, 0.15) is 23.7 Å². The highest BCUT2D eigenvalue weighted by Gasteiger charge is 2.14. The number of benzene rings is 1. The van der Waals surface area contributed by atoms with Crippen molar-refractivity contribution in [2.24, 2.45) is 7.05 Å². The number of carboxylic acids is 1. The Morgan fingerprint density at radius 2 is 2.11 bits per heavy atom. The molecule has 2 aromatic rings. The minimum absolute atomic E-state index is 0.0552. The SMILES string of the molecule is CCc1cc2c(CC(=O)O)c(CO)ccc2n1C. The molecule has 96 valence electrons. The van der Waals surface area contributed by atoms with Crippen LogP contribution in [0, 0.1) is 0 Å². The minimum Gasteiger partial charge on any atom is -0.481 e. The fourth-order valence-electron chi connectivity index (χ4n) is 2.42. The summed E-state index contributed by atoms with van der Waals surface area (Å²) in [4.78, 5) is 11.0. The molecule has 0 aliphatic carbocycles. The van der Waals surface area contributed by atoms with Gasteiger partial charge in [-0.25, -0.2) is 0 Å². The third-order valence-electron chi connectivity index (χ3n) is 3.39. The van der Waals surface area contributed by atoms with Gasteiger partial charge in [0.15, 0.2) is 0 Å². The zero-order chi connectivity index (χ0) is 13.3. The lowest BCUT2D eigenvalue weighted by Gasteiger charge is -2.08. The summed E-state index contributed by atoms with van der Waals surface area (Å²) in [5, 5.41) is 19.2. The summed E-state index contributed by atoms with van der Waals surface area (Å²) in [7, 11) is 1.98. The van der Waals surface area contributed by atoms with E-state index in [9.17, 15) is 9.90 Å². The smallest absolute Gasteiger partial charge is 0.307 e. The van der Waals surface area contributed by atoms with E-state index in [0.29, 0.717) is 5.56 Å². The molecule has 0 saturated heterocycles. The zero-order valence-electron chi connectivity index (χ0n) is 10.6. The molecule has 0 fully saturated rings. The average Bonchev–Trinajstić information content (AvgIpc) is 2.67. The lowest BCUT2D eigenvalue weighted by atomic mass is 10.0. The Morgan fingerprint density at radius 3 is 2.67 bits per heavy atom. The van der Waals surface area contributed by atoms with Gasteiger partial charge in [0.05, 0.1) is 13.0 Å².